The molecule has 1 saturated carbocycles. The molecule has 3 aromatic rings. The van der Waals surface area contributed by atoms with Crippen LogP contribution in [0.25, 0.3) is 5.69 Å². The Hall–Kier alpha value is -3.08. The first-order valence-electron chi connectivity index (χ1n) is 10.0. The van der Waals surface area contributed by atoms with Crippen molar-refractivity contribution < 1.29 is 23.1 Å². The molecular weight excluding hydrogens is 488 g/mol. The van der Waals surface area contributed by atoms with Crippen LogP contribution in [0.5, 0.6) is 0 Å². The fraction of sp³-hybridized carbons (Fsp3) is 0.333. The van der Waals surface area contributed by atoms with Crippen molar-refractivity contribution in [2.75, 3.05) is 11.9 Å². The molecule has 1 N–H and O–H groups in total. The lowest BCUT2D eigenvalue weighted by atomic mass is 10.2. The van der Waals surface area contributed by atoms with Gasteiger partial charge >= 0.3 is 5.97 Å². The third kappa shape index (κ3) is 4.43. The molecule has 1 aliphatic carbocycles. The van der Waals surface area contributed by atoms with Gasteiger partial charge in [-0.05, 0) is 47.8 Å². The van der Waals surface area contributed by atoms with Gasteiger partial charge < -0.3 is 10.1 Å². The van der Waals surface area contributed by atoms with Gasteiger partial charge in [-0.15, -0.1) is 0 Å². The number of alkyl halides is 2. The van der Waals surface area contributed by atoms with Crippen LogP contribution in [-0.4, -0.2) is 38.0 Å². The summed E-state index contributed by atoms with van der Waals surface area (Å²) in [6.07, 6.45) is 0.251. The fourth-order valence-corrected chi connectivity index (χ4v) is 4.16. The summed E-state index contributed by atoms with van der Waals surface area (Å²) in [7, 11) is 0. The van der Waals surface area contributed by atoms with Crippen molar-refractivity contribution in [3.8, 4) is 5.69 Å². The zero-order valence-corrected chi connectivity index (χ0v) is 18.7. The van der Waals surface area contributed by atoms with Crippen molar-refractivity contribution in [2.45, 2.75) is 38.7 Å². The second kappa shape index (κ2) is 9.19. The molecule has 8 nitrogen and oxygen atoms in total. The summed E-state index contributed by atoms with van der Waals surface area (Å²) in [6, 6.07) is 8.95. The fourth-order valence-electron chi connectivity index (χ4n) is 3.38. The normalized spacial score (nSPS) is 13.4. The zero-order chi connectivity index (χ0) is 22.8. The number of carbonyl (C=O) groups is 2. The van der Waals surface area contributed by atoms with Crippen molar-refractivity contribution in [2.24, 2.45) is 0 Å². The summed E-state index contributed by atoms with van der Waals surface area (Å²) in [5.74, 6) is -0.952. The standard InChI is InChI=1S/C21H20BrF2N5O3/c1-2-32-21(31)14-10-25-29(13-6-4-3-5-7-13)20(14)26-15(30)11-28-18(12-8-9-12)16(22)17(27-28)19(23)24/h3-7,10,12,19H,2,8-9,11H2,1H3,(H,26,30). The summed E-state index contributed by atoms with van der Waals surface area (Å²) in [4.78, 5) is 25.3. The lowest BCUT2D eigenvalue weighted by molar-refractivity contribution is -0.117. The topological polar surface area (TPSA) is 91.0 Å². The average molecular weight is 508 g/mol. The number of hydrogen-bond acceptors (Lipinski definition) is 5. The van der Waals surface area contributed by atoms with E-state index in [1.165, 1.54) is 15.6 Å². The van der Waals surface area contributed by atoms with E-state index in [1.807, 2.05) is 6.07 Å². The summed E-state index contributed by atoms with van der Waals surface area (Å²) >= 11 is 3.21. The Morgan fingerprint density at radius 1 is 1.28 bits per heavy atom. The summed E-state index contributed by atoms with van der Waals surface area (Å²) in [5.41, 5.74) is 0.902. The third-order valence-corrected chi connectivity index (χ3v) is 5.76. The van der Waals surface area contributed by atoms with Crippen molar-refractivity contribution in [1.29, 1.82) is 0 Å². The van der Waals surface area contributed by atoms with Gasteiger partial charge in [0, 0.05) is 5.92 Å². The number of benzene rings is 1. The van der Waals surface area contributed by atoms with E-state index in [9.17, 15) is 18.4 Å². The SMILES string of the molecule is CCOC(=O)c1cnn(-c2ccccc2)c1NC(=O)Cn1nc(C(F)F)c(Br)c1C1CC1. The molecule has 1 aromatic carbocycles. The second-order valence-electron chi connectivity index (χ2n) is 7.24. The van der Waals surface area contributed by atoms with E-state index in [0.717, 1.165) is 12.8 Å². The van der Waals surface area contributed by atoms with Crippen molar-refractivity contribution in [3.05, 3.63) is 58.0 Å². The van der Waals surface area contributed by atoms with Crippen LogP contribution in [0, 0.1) is 0 Å². The number of esters is 1. The minimum Gasteiger partial charge on any atom is -0.462 e. The maximum atomic E-state index is 13.3. The highest BCUT2D eigenvalue weighted by atomic mass is 79.9. The first kappa shape index (κ1) is 22.1. The number of anilines is 1. The van der Waals surface area contributed by atoms with E-state index in [0.29, 0.717) is 11.4 Å². The van der Waals surface area contributed by atoms with E-state index in [-0.39, 0.29) is 40.6 Å². The highest BCUT2D eigenvalue weighted by Crippen LogP contribution is 2.45. The van der Waals surface area contributed by atoms with Crippen LogP contribution in [0.15, 0.2) is 41.0 Å². The molecule has 0 unspecified atom stereocenters. The number of ether oxygens (including phenoxy) is 1. The number of carbonyl (C=O) groups excluding carboxylic acids is 2. The minimum absolute atomic E-state index is 0.0846. The van der Waals surface area contributed by atoms with Crippen molar-refractivity contribution >= 4 is 33.6 Å². The number of nitrogens with zero attached hydrogens (tertiary/aromatic N) is 4. The molecular formula is C21H20BrF2N5O3. The first-order chi connectivity index (χ1) is 15.4. The molecule has 1 fully saturated rings. The molecule has 2 heterocycles. The molecule has 0 radical (unpaired) electrons. The molecule has 0 bridgehead atoms. The average Bonchev–Trinajstić information content (AvgIpc) is 3.42. The third-order valence-electron chi connectivity index (χ3n) is 4.94. The Balaban J connectivity index is 1.64. The van der Waals surface area contributed by atoms with E-state index < -0.39 is 18.3 Å². The molecule has 32 heavy (non-hydrogen) atoms. The van der Waals surface area contributed by atoms with E-state index in [4.69, 9.17) is 4.74 Å². The second-order valence-corrected chi connectivity index (χ2v) is 8.03. The largest absolute Gasteiger partial charge is 0.462 e. The van der Waals surface area contributed by atoms with Crippen LogP contribution in [0.2, 0.25) is 0 Å². The Labute approximate surface area is 190 Å². The van der Waals surface area contributed by atoms with Gasteiger partial charge in [0.15, 0.2) is 5.82 Å². The molecule has 2 aromatic heterocycles. The van der Waals surface area contributed by atoms with Gasteiger partial charge in [0.25, 0.3) is 6.43 Å². The van der Waals surface area contributed by atoms with Crippen LogP contribution in [0.3, 0.4) is 0 Å². The maximum Gasteiger partial charge on any atom is 0.343 e. The van der Waals surface area contributed by atoms with Crippen LogP contribution in [0.1, 0.15) is 53.9 Å². The zero-order valence-electron chi connectivity index (χ0n) is 17.1. The van der Waals surface area contributed by atoms with E-state index in [1.54, 1.807) is 31.2 Å². The van der Waals surface area contributed by atoms with Crippen LogP contribution < -0.4 is 5.32 Å². The Kier molecular flexibility index (Phi) is 6.35. The first-order valence-corrected chi connectivity index (χ1v) is 10.8. The molecule has 4 rings (SSSR count). The lowest BCUT2D eigenvalue weighted by Gasteiger charge is -2.12. The number of para-hydroxylation sites is 1. The van der Waals surface area contributed by atoms with E-state index >= 15 is 0 Å². The Morgan fingerprint density at radius 2 is 2.00 bits per heavy atom. The number of amides is 1. The highest BCUT2D eigenvalue weighted by Gasteiger charge is 2.34. The quantitative estimate of drug-likeness (QED) is 0.454. The minimum atomic E-state index is -2.76. The predicted octanol–water partition coefficient (Wildman–Crippen LogP) is 4.46. The predicted molar refractivity (Wildman–Crippen MR) is 115 cm³/mol. The number of aromatic nitrogens is 4. The number of hydrogen-bond donors (Lipinski definition) is 1. The molecule has 1 amide bonds. The number of halogens is 3. The molecule has 11 heteroatoms. The molecule has 0 atom stereocenters. The summed E-state index contributed by atoms with van der Waals surface area (Å²) in [5, 5.41) is 10.9. The monoisotopic (exact) mass is 507 g/mol. The Bertz CT molecular complexity index is 1140. The van der Waals surface area contributed by atoms with Crippen LogP contribution in [0.4, 0.5) is 14.6 Å². The number of rotatable bonds is 8. The van der Waals surface area contributed by atoms with E-state index in [2.05, 4.69) is 31.4 Å². The molecule has 0 saturated heterocycles. The molecule has 1 aliphatic rings. The lowest BCUT2D eigenvalue weighted by Crippen LogP contribution is -2.23. The van der Waals surface area contributed by atoms with Gasteiger partial charge in [0.2, 0.25) is 5.91 Å². The van der Waals surface area contributed by atoms with Gasteiger partial charge in [-0.3, -0.25) is 9.48 Å². The number of nitrogens with one attached hydrogen (secondary N) is 1. The van der Waals surface area contributed by atoms with Crippen LogP contribution in [-0.2, 0) is 16.1 Å². The van der Waals surface area contributed by atoms with Gasteiger partial charge in [-0.25, -0.2) is 18.3 Å². The maximum absolute atomic E-state index is 13.3. The molecule has 0 spiro atoms. The van der Waals surface area contributed by atoms with Gasteiger partial charge in [0.1, 0.15) is 17.8 Å². The van der Waals surface area contributed by atoms with Gasteiger partial charge in [-0.1, -0.05) is 18.2 Å². The van der Waals surface area contributed by atoms with Crippen molar-refractivity contribution in [3.63, 3.8) is 0 Å². The van der Waals surface area contributed by atoms with Gasteiger partial charge in [-0.2, -0.15) is 10.2 Å². The van der Waals surface area contributed by atoms with Crippen LogP contribution >= 0.6 is 15.9 Å². The van der Waals surface area contributed by atoms with Crippen molar-refractivity contribution in [1.82, 2.24) is 19.6 Å². The van der Waals surface area contributed by atoms with Gasteiger partial charge in [0.05, 0.1) is 28.7 Å². The summed E-state index contributed by atoms with van der Waals surface area (Å²) < 4.78 is 34.7. The highest BCUT2D eigenvalue weighted by molar-refractivity contribution is 9.10. The molecule has 168 valence electrons. The molecule has 0 aliphatic heterocycles. The Morgan fingerprint density at radius 3 is 2.62 bits per heavy atom. The summed E-state index contributed by atoms with van der Waals surface area (Å²) in [6.45, 7) is 1.54. The smallest absolute Gasteiger partial charge is 0.343 e.